The lowest BCUT2D eigenvalue weighted by Gasteiger charge is -2.19. The van der Waals surface area contributed by atoms with Crippen molar-refractivity contribution in [1.82, 2.24) is 5.32 Å². The summed E-state index contributed by atoms with van der Waals surface area (Å²) in [6, 6.07) is 13.6. The summed E-state index contributed by atoms with van der Waals surface area (Å²) in [7, 11) is 0. The second-order valence-electron chi connectivity index (χ2n) is 5.12. The average molecular weight is 209 g/mol. The summed E-state index contributed by atoms with van der Waals surface area (Å²) in [5.41, 5.74) is 3.21. The minimum Gasteiger partial charge on any atom is -0.316 e. The van der Waals surface area contributed by atoms with Crippen LogP contribution in [0.3, 0.4) is 0 Å². The van der Waals surface area contributed by atoms with Crippen molar-refractivity contribution >= 4 is 10.8 Å². The molecule has 1 fully saturated rings. The van der Waals surface area contributed by atoms with Gasteiger partial charge in [0.25, 0.3) is 0 Å². The van der Waals surface area contributed by atoms with Crippen molar-refractivity contribution in [3.8, 4) is 0 Å². The van der Waals surface area contributed by atoms with Crippen molar-refractivity contribution in [3.05, 3.63) is 47.5 Å². The minimum absolute atomic E-state index is 0.762. The predicted octanol–water partition coefficient (Wildman–Crippen LogP) is 3.01. The summed E-state index contributed by atoms with van der Waals surface area (Å²) in [6.07, 6.45) is 1.36. The maximum atomic E-state index is 3.55. The highest BCUT2D eigenvalue weighted by Crippen LogP contribution is 2.44. The monoisotopic (exact) mass is 209 g/mol. The van der Waals surface area contributed by atoms with Crippen LogP contribution in [0, 0.1) is 0 Å². The lowest BCUT2D eigenvalue weighted by Crippen LogP contribution is -2.28. The van der Waals surface area contributed by atoms with E-state index in [1.807, 2.05) is 0 Å². The van der Waals surface area contributed by atoms with E-state index in [1.165, 1.54) is 30.3 Å². The van der Waals surface area contributed by atoms with Crippen LogP contribution in [0.25, 0.3) is 10.8 Å². The molecular formula is C15H15N. The first-order valence-electron chi connectivity index (χ1n) is 6.15. The van der Waals surface area contributed by atoms with E-state index in [-0.39, 0.29) is 0 Å². The van der Waals surface area contributed by atoms with Crippen LogP contribution >= 0.6 is 0 Å². The van der Waals surface area contributed by atoms with Crippen LogP contribution in [-0.2, 0) is 0 Å². The second-order valence-corrected chi connectivity index (χ2v) is 5.12. The van der Waals surface area contributed by atoms with Gasteiger partial charge in [-0.1, -0.05) is 36.4 Å². The first-order chi connectivity index (χ1) is 7.92. The first kappa shape index (κ1) is 8.77. The molecule has 1 N–H and O–H groups in total. The zero-order valence-electron chi connectivity index (χ0n) is 9.24. The van der Waals surface area contributed by atoms with Crippen molar-refractivity contribution in [2.75, 3.05) is 13.1 Å². The number of hydrogen-bond donors (Lipinski definition) is 1. The van der Waals surface area contributed by atoms with E-state index in [2.05, 4.69) is 41.7 Å². The number of fused-ring (bicyclic) bond motifs is 6. The van der Waals surface area contributed by atoms with Crippen molar-refractivity contribution in [2.24, 2.45) is 0 Å². The summed E-state index contributed by atoms with van der Waals surface area (Å²) < 4.78 is 0. The van der Waals surface area contributed by atoms with Gasteiger partial charge in [-0.3, -0.25) is 0 Å². The average Bonchev–Trinajstić information content (AvgIpc) is 2.59. The summed E-state index contributed by atoms with van der Waals surface area (Å²) in [4.78, 5) is 0. The molecule has 0 aromatic heterocycles. The third-order valence-corrected chi connectivity index (χ3v) is 4.18. The molecule has 2 aromatic carbocycles. The zero-order valence-corrected chi connectivity index (χ0v) is 9.24. The Morgan fingerprint density at radius 3 is 2.00 bits per heavy atom. The summed E-state index contributed by atoms with van der Waals surface area (Å²) in [6.45, 7) is 2.34. The molecule has 4 rings (SSSR count). The van der Waals surface area contributed by atoms with Crippen LogP contribution < -0.4 is 5.32 Å². The molecule has 2 bridgehead atoms. The van der Waals surface area contributed by atoms with Gasteiger partial charge in [-0.25, -0.2) is 0 Å². The Labute approximate surface area is 95.5 Å². The van der Waals surface area contributed by atoms with Crippen LogP contribution in [-0.4, -0.2) is 13.1 Å². The fourth-order valence-electron chi connectivity index (χ4n) is 3.40. The molecule has 2 aromatic rings. The molecule has 1 nitrogen and oxygen atoms in total. The molecule has 1 aliphatic heterocycles. The Morgan fingerprint density at radius 1 is 0.875 bits per heavy atom. The third-order valence-electron chi connectivity index (χ3n) is 4.18. The highest BCUT2D eigenvalue weighted by atomic mass is 14.9. The lowest BCUT2D eigenvalue weighted by atomic mass is 9.98. The van der Waals surface area contributed by atoms with E-state index >= 15 is 0 Å². The van der Waals surface area contributed by atoms with E-state index in [0.29, 0.717) is 0 Å². The van der Waals surface area contributed by atoms with Crippen molar-refractivity contribution in [2.45, 2.75) is 18.3 Å². The fourth-order valence-corrected chi connectivity index (χ4v) is 3.40. The maximum absolute atomic E-state index is 3.55. The zero-order chi connectivity index (χ0) is 10.5. The molecule has 0 amide bonds. The quantitative estimate of drug-likeness (QED) is 0.703. The first-order valence-corrected chi connectivity index (χ1v) is 6.15. The largest absolute Gasteiger partial charge is 0.316 e. The van der Waals surface area contributed by atoms with E-state index in [0.717, 1.165) is 11.8 Å². The van der Waals surface area contributed by atoms with Crippen molar-refractivity contribution in [1.29, 1.82) is 0 Å². The molecule has 80 valence electrons. The molecule has 1 saturated heterocycles. The van der Waals surface area contributed by atoms with Crippen LogP contribution in [0.4, 0.5) is 0 Å². The van der Waals surface area contributed by atoms with E-state index in [4.69, 9.17) is 0 Å². The molecule has 1 heterocycles. The summed E-state index contributed by atoms with van der Waals surface area (Å²) in [5.74, 6) is 1.52. The van der Waals surface area contributed by atoms with Gasteiger partial charge in [0.05, 0.1) is 0 Å². The normalized spacial score (nSPS) is 27.0. The molecule has 2 atom stereocenters. The Balaban J connectivity index is 2.01. The smallest absolute Gasteiger partial charge is 0.00207 e. The van der Waals surface area contributed by atoms with Gasteiger partial charge in [0.15, 0.2) is 0 Å². The Morgan fingerprint density at radius 2 is 1.44 bits per heavy atom. The molecule has 0 spiro atoms. The summed E-state index contributed by atoms with van der Waals surface area (Å²) in [5, 5.41) is 6.34. The molecule has 16 heavy (non-hydrogen) atoms. The minimum atomic E-state index is 0.762. The van der Waals surface area contributed by atoms with Gasteiger partial charge in [0.1, 0.15) is 0 Å². The van der Waals surface area contributed by atoms with E-state index in [9.17, 15) is 0 Å². The highest BCUT2D eigenvalue weighted by molar-refractivity contribution is 5.84. The van der Waals surface area contributed by atoms with Gasteiger partial charge >= 0.3 is 0 Å². The second kappa shape index (κ2) is 3.08. The topological polar surface area (TPSA) is 12.0 Å². The summed E-state index contributed by atoms with van der Waals surface area (Å²) >= 11 is 0. The Kier molecular flexibility index (Phi) is 1.69. The maximum Gasteiger partial charge on any atom is 0.00207 e. The van der Waals surface area contributed by atoms with E-state index < -0.39 is 0 Å². The Bertz CT molecular complexity index is 510. The number of nitrogens with one attached hydrogen (secondary N) is 1. The van der Waals surface area contributed by atoms with Crippen molar-refractivity contribution in [3.63, 3.8) is 0 Å². The third kappa shape index (κ3) is 1.09. The fraction of sp³-hybridized carbons (Fsp3) is 0.333. The standard InChI is InChI=1S/C15H15N/c1-2-4-11-7-15-13-5-12(8-16-9-13)14(15)6-10(11)3-1/h1-4,6-7,12-13,16H,5,8-9H2/t12-,13+. The van der Waals surface area contributed by atoms with Crippen LogP contribution in [0.2, 0.25) is 0 Å². The number of hydrogen-bond acceptors (Lipinski definition) is 1. The molecular weight excluding hydrogens is 194 g/mol. The SMILES string of the molecule is c1ccc2cc3c(cc2c1)[C@@H]1CNC[C@H]3C1. The van der Waals surface area contributed by atoms with Gasteiger partial charge < -0.3 is 5.32 Å². The molecule has 0 radical (unpaired) electrons. The van der Waals surface area contributed by atoms with Gasteiger partial charge in [-0.05, 0) is 40.2 Å². The molecule has 0 saturated carbocycles. The van der Waals surface area contributed by atoms with Crippen LogP contribution in [0.5, 0.6) is 0 Å². The van der Waals surface area contributed by atoms with Crippen molar-refractivity contribution < 1.29 is 0 Å². The van der Waals surface area contributed by atoms with Gasteiger partial charge in [-0.15, -0.1) is 0 Å². The Hall–Kier alpha value is -1.34. The number of benzene rings is 2. The molecule has 1 heteroatoms. The lowest BCUT2D eigenvalue weighted by molar-refractivity contribution is 0.454. The molecule has 0 unspecified atom stereocenters. The predicted molar refractivity (Wildman–Crippen MR) is 66.9 cm³/mol. The van der Waals surface area contributed by atoms with Crippen LogP contribution in [0.1, 0.15) is 29.4 Å². The number of piperidine rings is 1. The van der Waals surface area contributed by atoms with E-state index in [1.54, 1.807) is 11.1 Å². The molecule has 2 aliphatic rings. The van der Waals surface area contributed by atoms with Gasteiger partial charge in [-0.2, -0.15) is 0 Å². The van der Waals surface area contributed by atoms with Crippen LogP contribution in [0.15, 0.2) is 36.4 Å². The highest BCUT2D eigenvalue weighted by Gasteiger charge is 2.33. The van der Waals surface area contributed by atoms with Gasteiger partial charge in [0, 0.05) is 13.1 Å². The molecule has 1 aliphatic carbocycles. The number of rotatable bonds is 0. The van der Waals surface area contributed by atoms with Gasteiger partial charge in [0.2, 0.25) is 0 Å².